The van der Waals surface area contributed by atoms with E-state index >= 15 is 0 Å². The topological polar surface area (TPSA) is 78.9 Å². The highest BCUT2D eigenvalue weighted by Crippen LogP contribution is 2.01. The van der Waals surface area contributed by atoms with Gasteiger partial charge in [-0.1, -0.05) is 107 Å². The van der Waals surface area contributed by atoms with Crippen molar-refractivity contribution in [3.05, 3.63) is 0 Å². The molecule has 0 spiro atoms. The largest absolute Gasteiger partial charge is 0.466 e. The standard InChI is InChI=1S/3C6H14.3C4H8O2/c2*1-4-5-6(2)3;1-3-5-6-4-2;3*1-3-6-4(2)5/h2*6H,4-5H2,1-3H3;3-6H2,1-2H3;3*3H2,1-2H3. The van der Waals surface area contributed by atoms with Crippen LogP contribution in [-0.4, -0.2) is 37.7 Å². The van der Waals surface area contributed by atoms with Gasteiger partial charge in [0.1, 0.15) is 0 Å². The molecule has 222 valence electrons. The second-order valence-electron chi connectivity index (χ2n) is 8.85. The average Bonchev–Trinajstić information content (AvgIpc) is 2.74. The van der Waals surface area contributed by atoms with E-state index in [4.69, 9.17) is 0 Å². The Balaban J connectivity index is -0.0000000750. The number of carbonyl (C=O) groups excluding carboxylic acids is 3. The lowest BCUT2D eigenvalue weighted by atomic mass is 10.1. The third-order valence-corrected chi connectivity index (χ3v) is 3.73. The van der Waals surface area contributed by atoms with Gasteiger partial charge in [-0.15, -0.1) is 0 Å². The van der Waals surface area contributed by atoms with Crippen molar-refractivity contribution in [2.45, 2.75) is 148 Å². The van der Waals surface area contributed by atoms with Crippen LogP contribution >= 0.6 is 0 Å². The zero-order chi connectivity index (χ0) is 29.8. The Kier molecular flexibility index (Phi) is 61.7. The molecule has 0 heterocycles. The summed E-state index contributed by atoms with van der Waals surface area (Å²) in [7, 11) is 0. The molecule has 6 nitrogen and oxygen atoms in total. The maximum atomic E-state index is 9.82. The van der Waals surface area contributed by atoms with Gasteiger partial charge in [0.2, 0.25) is 0 Å². The Bertz CT molecular complexity index is 354. The minimum absolute atomic E-state index is 0.211. The van der Waals surface area contributed by atoms with Gasteiger partial charge in [-0.05, 0) is 32.6 Å². The van der Waals surface area contributed by atoms with Gasteiger partial charge in [-0.25, -0.2) is 0 Å². The fourth-order valence-electron chi connectivity index (χ4n) is 2.26. The zero-order valence-corrected chi connectivity index (χ0v) is 26.9. The van der Waals surface area contributed by atoms with Gasteiger partial charge in [-0.2, -0.15) is 0 Å². The van der Waals surface area contributed by atoms with Gasteiger partial charge < -0.3 is 14.2 Å². The van der Waals surface area contributed by atoms with Crippen molar-refractivity contribution < 1.29 is 28.6 Å². The van der Waals surface area contributed by atoms with Crippen LogP contribution in [0.4, 0.5) is 0 Å². The van der Waals surface area contributed by atoms with E-state index < -0.39 is 0 Å². The predicted molar refractivity (Wildman–Crippen MR) is 156 cm³/mol. The molecule has 0 bridgehead atoms. The molecule has 0 aliphatic carbocycles. The van der Waals surface area contributed by atoms with Crippen molar-refractivity contribution in [2.24, 2.45) is 11.8 Å². The van der Waals surface area contributed by atoms with Crippen LogP contribution in [0.15, 0.2) is 0 Å². The molecule has 0 unspecified atom stereocenters. The van der Waals surface area contributed by atoms with E-state index in [-0.39, 0.29) is 17.9 Å². The molecule has 0 saturated carbocycles. The normalized spacial score (nSPS) is 8.67. The van der Waals surface area contributed by atoms with Crippen LogP contribution in [0.3, 0.4) is 0 Å². The second-order valence-corrected chi connectivity index (χ2v) is 8.85. The summed E-state index contributed by atoms with van der Waals surface area (Å²) in [5.74, 6) is 1.16. The minimum atomic E-state index is -0.211. The number of rotatable bonds is 10. The molecule has 0 aromatic heterocycles. The maximum absolute atomic E-state index is 9.82. The van der Waals surface area contributed by atoms with E-state index in [1.54, 1.807) is 20.8 Å². The molecule has 0 aliphatic rings. The number of unbranched alkanes of at least 4 members (excludes halogenated alkanes) is 3. The highest BCUT2D eigenvalue weighted by atomic mass is 16.5. The molecule has 0 rings (SSSR count). The van der Waals surface area contributed by atoms with Crippen LogP contribution in [-0.2, 0) is 28.6 Å². The lowest BCUT2D eigenvalue weighted by Crippen LogP contribution is -1.95. The summed E-state index contributed by atoms with van der Waals surface area (Å²) in [6.07, 6.45) is 10.9. The lowest BCUT2D eigenvalue weighted by Gasteiger charge is -1.95. The number of hydrogen-bond donors (Lipinski definition) is 0. The molecule has 0 aliphatic heterocycles. The molecule has 36 heavy (non-hydrogen) atoms. The number of esters is 3. The minimum Gasteiger partial charge on any atom is -0.466 e. The van der Waals surface area contributed by atoms with E-state index in [1.165, 1.54) is 72.1 Å². The van der Waals surface area contributed by atoms with Crippen LogP contribution in [0, 0.1) is 11.8 Å². The van der Waals surface area contributed by atoms with Crippen molar-refractivity contribution in [2.75, 3.05) is 19.8 Å². The molecule has 0 N–H and O–H groups in total. The summed E-state index contributed by atoms with van der Waals surface area (Å²) in [4.78, 5) is 29.5. The molecular formula is C30H66O6. The maximum Gasteiger partial charge on any atom is 0.302 e. The number of carbonyl (C=O) groups is 3. The van der Waals surface area contributed by atoms with Gasteiger partial charge in [-0.3, -0.25) is 14.4 Å². The van der Waals surface area contributed by atoms with Crippen LogP contribution in [0.2, 0.25) is 0 Å². The fraction of sp³-hybridized carbons (Fsp3) is 0.900. The third-order valence-electron chi connectivity index (χ3n) is 3.73. The van der Waals surface area contributed by atoms with Gasteiger partial charge in [0.05, 0.1) is 19.8 Å². The van der Waals surface area contributed by atoms with Crippen molar-refractivity contribution in [3.63, 3.8) is 0 Å². The van der Waals surface area contributed by atoms with Crippen molar-refractivity contribution >= 4 is 17.9 Å². The fourth-order valence-corrected chi connectivity index (χ4v) is 2.26. The quantitative estimate of drug-likeness (QED) is 0.162. The first-order valence-electron chi connectivity index (χ1n) is 14.2. The Morgan fingerprint density at radius 3 is 0.722 bits per heavy atom. The highest BCUT2D eigenvalue weighted by molar-refractivity contribution is 5.66. The number of ether oxygens (including phenoxy) is 3. The van der Waals surface area contributed by atoms with Gasteiger partial charge >= 0.3 is 17.9 Å². The first-order chi connectivity index (χ1) is 16.8. The van der Waals surface area contributed by atoms with Gasteiger partial charge in [0.25, 0.3) is 0 Å². The summed E-state index contributed by atoms with van der Waals surface area (Å²) in [6, 6.07) is 0. The summed E-state index contributed by atoms with van der Waals surface area (Å²) >= 11 is 0. The molecule has 0 amide bonds. The van der Waals surface area contributed by atoms with Crippen molar-refractivity contribution in [1.82, 2.24) is 0 Å². The third kappa shape index (κ3) is 119. The van der Waals surface area contributed by atoms with E-state index in [2.05, 4.69) is 69.6 Å². The summed E-state index contributed by atoms with van der Waals surface area (Å²) in [6.45, 7) is 28.9. The highest BCUT2D eigenvalue weighted by Gasteiger charge is 1.86. The molecule has 0 aromatic carbocycles. The number of hydrogen-bond acceptors (Lipinski definition) is 6. The first kappa shape index (κ1) is 47.6. The first-order valence-corrected chi connectivity index (χ1v) is 14.2. The van der Waals surface area contributed by atoms with Crippen molar-refractivity contribution in [3.8, 4) is 0 Å². The van der Waals surface area contributed by atoms with E-state index in [0.717, 1.165) is 11.8 Å². The van der Waals surface area contributed by atoms with Gasteiger partial charge in [0, 0.05) is 20.8 Å². The summed E-state index contributed by atoms with van der Waals surface area (Å²) in [5.41, 5.74) is 0. The summed E-state index contributed by atoms with van der Waals surface area (Å²) < 4.78 is 13.2. The van der Waals surface area contributed by atoms with Crippen molar-refractivity contribution in [1.29, 1.82) is 0 Å². The smallest absolute Gasteiger partial charge is 0.302 e. The molecule has 0 saturated heterocycles. The molecule has 0 radical (unpaired) electrons. The monoisotopic (exact) mass is 522 g/mol. The molecule has 0 atom stereocenters. The molecular weight excluding hydrogens is 456 g/mol. The molecule has 0 fully saturated rings. The molecule has 0 aromatic rings. The second kappa shape index (κ2) is 46.7. The SMILES string of the molecule is CCCC(C)C.CCCC(C)C.CCCCCC.CCOC(C)=O.CCOC(C)=O.CCOC(C)=O. The van der Waals surface area contributed by atoms with Crippen LogP contribution in [0.5, 0.6) is 0 Å². The predicted octanol–water partition coefficient (Wildman–Crippen LogP) is 9.18. The van der Waals surface area contributed by atoms with Gasteiger partial charge in [0.15, 0.2) is 0 Å². The Hall–Kier alpha value is -1.59. The van der Waals surface area contributed by atoms with Crippen LogP contribution in [0.25, 0.3) is 0 Å². The van der Waals surface area contributed by atoms with E-state index in [1.807, 2.05) is 0 Å². The zero-order valence-electron chi connectivity index (χ0n) is 26.9. The Morgan fingerprint density at radius 2 is 0.694 bits per heavy atom. The summed E-state index contributed by atoms with van der Waals surface area (Å²) in [5, 5.41) is 0. The Morgan fingerprint density at radius 1 is 0.472 bits per heavy atom. The molecule has 6 heteroatoms. The van der Waals surface area contributed by atoms with E-state index in [9.17, 15) is 14.4 Å². The average molecular weight is 523 g/mol. The van der Waals surface area contributed by atoms with Crippen LogP contribution in [0.1, 0.15) is 148 Å². The van der Waals surface area contributed by atoms with Crippen LogP contribution < -0.4 is 0 Å². The Labute approximate surface area is 226 Å². The van der Waals surface area contributed by atoms with E-state index in [0.29, 0.717) is 19.8 Å². The lowest BCUT2D eigenvalue weighted by molar-refractivity contribution is -0.141.